The van der Waals surface area contributed by atoms with Gasteiger partial charge in [-0.15, -0.1) is 0 Å². The van der Waals surface area contributed by atoms with E-state index in [0.29, 0.717) is 11.8 Å². The monoisotopic (exact) mass is 406 g/mol. The molecule has 0 aromatic heterocycles. The number of hydrogen-bond acceptors (Lipinski definition) is 0. The largest absolute Gasteiger partial charge is 0.0946 e. The van der Waals surface area contributed by atoms with E-state index in [1.165, 1.54) is 61.2 Å². The van der Waals surface area contributed by atoms with Crippen molar-refractivity contribution >= 4 is 0 Å². The molecule has 4 aromatic carbocycles. The van der Waals surface area contributed by atoms with Gasteiger partial charge in [-0.2, -0.15) is 0 Å². The molecule has 32 heavy (non-hydrogen) atoms. The fraction of sp³-hybridized carbons (Fsp3) is 0.125. The first-order chi connectivity index (χ1) is 15.8. The fourth-order valence-electron chi connectivity index (χ4n) is 7.34. The summed E-state index contributed by atoms with van der Waals surface area (Å²) in [7, 11) is 0. The highest BCUT2D eigenvalue weighted by molar-refractivity contribution is 5.77. The van der Waals surface area contributed by atoms with Crippen LogP contribution >= 0.6 is 0 Å². The summed E-state index contributed by atoms with van der Waals surface area (Å²) in [5.74, 6) is 1.06. The third-order valence-electron chi connectivity index (χ3n) is 8.52. The van der Waals surface area contributed by atoms with E-state index in [0.717, 1.165) is 0 Å². The minimum Gasteiger partial charge on any atom is -0.0946 e. The molecule has 6 aliphatic carbocycles. The van der Waals surface area contributed by atoms with Crippen molar-refractivity contribution in [1.29, 1.82) is 0 Å². The molecule has 0 heterocycles. The van der Waals surface area contributed by atoms with Gasteiger partial charge in [-0.25, -0.2) is 0 Å². The number of fused-ring (bicyclic) bond motifs is 1. The average molecular weight is 407 g/mol. The molecule has 150 valence electrons. The highest BCUT2D eigenvalue weighted by Gasteiger charge is 2.48. The number of rotatable bonds is 0. The summed E-state index contributed by atoms with van der Waals surface area (Å²) < 4.78 is 0. The van der Waals surface area contributed by atoms with Crippen molar-refractivity contribution in [3.05, 3.63) is 165 Å². The molecule has 4 aromatic rings. The lowest BCUT2D eigenvalue weighted by molar-refractivity contribution is 0.688. The molecule has 6 aliphatic rings. The predicted octanol–water partition coefficient (Wildman–Crippen LogP) is 7.38. The maximum absolute atomic E-state index is 4.58. The van der Waals surface area contributed by atoms with E-state index in [-0.39, 0.29) is 11.8 Å². The molecule has 4 bridgehead atoms. The molecule has 0 saturated heterocycles. The predicted molar refractivity (Wildman–Crippen MR) is 130 cm³/mol. The van der Waals surface area contributed by atoms with Crippen molar-refractivity contribution in [1.82, 2.24) is 0 Å². The Labute approximate surface area is 188 Å². The number of benzene rings is 4. The molecule has 0 saturated carbocycles. The van der Waals surface area contributed by atoms with E-state index in [9.17, 15) is 0 Å². The van der Waals surface area contributed by atoms with Crippen LogP contribution in [0.1, 0.15) is 79.3 Å². The van der Waals surface area contributed by atoms with Gasteiger partial charge < -0.3 is 0 Å². The zero-order valence-electron chi connectivity index (χ0n) is 17.8. The van der Waals surface area contributed by atoms with Crippen molar-refractivity contribution in [3.8, 4) is 0 Å². The first-order valence-electron chi connectivity index (χ1n) is 11.6. The van der Waals surface area contributed by atoms with Crippen LogP contribution in [0.15, 0.2) is 109 Å². The van der Waals surface area contributed by atoms with Crippen LogP contribution in [0.4, 0.5) is 0 Å². The van der Waals surface area contributed by atoms with Gasteiger partial charge in [0, 0.05) is 23.7 Å². The van der Waals surface area contributed by atoms with Crippen LogP contribution in [-0.4, -0.2) is 0 Å². The first-order valence-corrected chi connectivity index (χ1v) is 11.6. The summed E-state index contributed by atoms with van der Waals surface area (Å²) in [6.07, 6.45) is 0. The molecule has 0 unspecified atom stereocenters. The van der Waals surface area contributed by atoms with Crippen molar-refractivity contribution < 1.29 is 0 Å². The molecule has 2 atom stereocenters. The average Bonchev–Trinajstić information content (AvgIpc) is 2.85. The van der Waals surface area contributed by atoms with Crippen LogP contribution in [0.25, 0.3) is 0 Å². The molecule has 10 rings (SSSR count). The normalized spacial score (nSPS) is 25.0. The van der Waals surface area contributed by atoms with Gasteiger partial charge >= 0.3 is 0 Å². The van der Waals surface area contributed by atoms with Gasteiger partial charge in [-0.3, -0.25) is 0 Å². The lowest BCUT2D eigenvalue weighted by Crippen LogP contribution is -2.34. The smallest absolute Gasteiger partial charge is 0.0352 e. The lowest BCUT2D eigenvalue weighted by Gasteiger charge is -2.49. The number of allylic oxidation sites excluding steroid dienone is 2. The molecular formula is C32H22. The van der Waals surface area contributed by atoms with Crippen LogP contribution in [0, 0.1) is 0 Å². The Kier molecular flexibility index (Phi) is 2.96. The molecule has 0 aliphatic heterocycles. The number of hydrogen-bond donors (Lipinski definition) is 0. The van der Waals surface area contributed by atoms with E-state index >= 15 is 0 Å². The highest BCUT2D eigenvalue weighted by atomic mass is 14.5. The van der Waals surface area contributed by atoms with Gasteiger partial charge in [0.2, 0.25) is 0 Å². The summed E-state index contributed by atoms with van der Waals surface area (Å²) in [5, 5.41) is 0. The molecule has 0 radical (unpaired) electrons. The standard InChI is InChI=1S/C32H22/c1-17-18(2)28-20-10-4-3-9-19(20)27(17)25-15-16-26-29-21-11-5-7-13-23(21)30(32(26)31(25)28)24-14-8-6-12-22(24)29/h3-16,27-30H,1-2H2/t27-,28+,29?,30?/m0/s1. The maximum Gasteiger partial charge on any atom is 0.0352 e. The van der Waals surface area contributed by atoms with Gasteiger partial charge in [0.15, 0.2) is 0 Å². The third kappa shape index (κ3) is 1.75. The van der Waals surface area contributed by atoms with Crippen LogP contribution in [0.3, 0.4) is 0 Å². The Morgan fingerprint density at radius 1 is 0.344 bits per heavy atom. The molecule has 0 fully saturated rings. The lowest BCUT2D eigenvalue weighted by atomic mass is 9.53. The van der Waals surface area contributed by atoms with Crippen molar-refractivity contribution in [2.45, 2.75) is 23.7 Å². The van der Waals surface area contributed by atoms with E-state index in [4.69, 9.17) is 0 Å². The van der Waals surface area contributed by atoms with Crippen molar-refractivity contribution in [2.75, 3.05) is 0 Å². The molecule has 0 amide bonds. The first kappa shape index (κ1) is 17.0. The Balaban J connectivity index is 1.50. The topological polar surface area (TPSA) is 0 Å². The molecule has 0 spiro atoms. The Hall–Kier alpha value is -3.64. The highest BCUT2D eigenvalue weighted by Crippen LogP contribution is 2.63. The summed E-state index contributed by atoms with van der Waals surface area (Å²) in [5.41, 5.74) is 17.2. The summed E-state index contributed by atoms with van der Waals surface area (Å²) in [6.45, 7) is 9.08. The van der Waals surface area contributed by atoms with Gasteiger partial charge in [0.05, 0.1) is 0 Å². The summed E-state index contributed by atoms with van der Waals surface area (Å²) in [6, 6.07) is 32.0. The zero-order chi connectivity index (χ0) is 21.1. The maximum atomic E-state index is 4.58. The van der Waals surface area contributed by atoms with Crippen LogP contribution in [0.2, 0.25) is 0 Å². The van der Waals surface area contributed by atoms with Gasteiger partial charge in [-0.1, -0.05) is 98.1 Å². The van der Waals surface area contributed by atoms with E-state index in [2.05, 4.69) is 98.1 Å². The molecule has 0 N–H and O–H groups in total. The second-order valence-corrected chi connectivity index (χ2v) is 9.74. The van der Waals surface area contributed by atoms with Crippen LogP contribution in [-0.2, 0) is 0 Å². The molecule has 0 heteroatoms. The summed E-state index contributed by atoms with van der Waals surface area (Å²) >= 11 is 0. The quantitative estimate of drug-likeness (QED) is 0.247. The van der Waals surface area contributed by atoms with E-state index in [1.807, 2.05) is 0 Å². The van der Waals surface area contributed by atoms with Gasteiger partial charge in [-0.05, 0) is 66.8 Å². The van der Waals surface area contributed by atoms with Crippen LogP contribution < -0.4 is 0 Å². The van der Waals surface area contributed by atoms with Gasteiger partial charge in [0.25, 0.3) is 0 Å². The Bertz CT molecular complexity index is 1480. The van der Waals surface area contributed by atoms with Gasteiger partial charge in [0.1, 0.15) is 0 Å². The third-order valence-corrected chi connectivity index (χ3v) is 8.52. The minimum absolute atomic E-state index is 0.215. The zero-order valence-corrected chi connectivity index (χ0v) is 17.8. The fourth-order valence-corrected chi connectivity index (χ4v) is 7.34. The van der Waals surface area contributed by atoms with Crippen molar-refractivity contribution in [2.24, 2.45) is 0 Å². The van der Waals surface area contributed by atoms with Crippen LogP contribution in [0.5, 0.6) is 0 Å². The SMILES string of the molecule is C=C1C(=C)[C@@H]2c3ccccc3[C@H]1c1ccc3c(c12)C1c2ccccc2C3c2ccccc21. The van der Waals surface area contributed by atoms with E-state index in [1.54, 1.807) is 5.56 Å². The van der Waals surface area contributed by atoms with Crippen molar-refractivity contribution in [3.63, 3.8) is 0 Å². The second-order valence-electron chi connectivity index (χ2n) is 9.74. The second kappa shape index (κ2) is 5.58. The summed E-state index contributed by atoms with van der Waals surface area (Å²) in [4.78, 5) is 0. The molecule has 0 nitrogen and oxygen atoms in total. The van der Waals surface area contributed by atoms with E-state index < -0.39 is 0 Å². The Morgan fingerprint density at radius 2 is 0.688 bits per heavy atom. The molecular weight excluding hydrogens is 384 g/mol. The Morgan fingerprint density at radius 3 is 1.22 bits per heavy atom. The minimum atomic E-state index is 0.215.